The van der Waals surface area contributed by atoms with Crippen molar-refractivity contribution in [2.75, 3.05) is 0 Å². The van der Waals surface area contributed by atoms with Gasteiger partial charge in [0.1, 0.15) is 5.75 Å². The number of rotatable bonds is 14. The summed E-state index contributed by atoms with van der Waals surface area (Å²) in [4.78, 5) is 0. The molecule has 3 rings (SSSR count). The molecule has 2 aliphatic rings. The summed E-state index contributed by atoms with van der Waals surface area (Å²) >= 11 is 0. The Bertz CT molecular complexity index is 532. The highest BCUT2D eigenvalue weighted by atomic mass is 16.3. The summed E-state index contributed by atoms with van der Waals surface area (Å²) in [6.07, 6.45) is 21.7. The highest BCUT2D eigenvalue weighted by Gasteiger charge is 2.36. The summed E-state index contributed by atoms with van der Waals surface area (Å²) in [7, 11) is 0. The lowest BCUT2D eigenvalue weighted by molar-refractivity contribution is 0.467. The number of unbranched alkanes of at least 4 members (excludes halogenated alkanes) is 6. The van der Waals surface area contributed by atoms with Gasteiger partial charge in [-0.1, -0.05) is 58.4 Å². The maximum absolute atomic E-state index is 10.1. The molecule has 2 aliphatic carbocycles. The van der Waals surface area contributed by atoms with Gasteiger partial charge in [0.05, 0.1) is 0 Å². The fourth-order valence-electron chi connectivity index (χ4n) is 4.43. The zero-order chi connectivity index (χ0) is 19.2. The molecule has 1 aromatic rings. The van der Waals surface area contributed by atoms with Gasteiger partial charge in [-0.25, -0.2) is 0 Å². The van der Waals surface area contributed by atoms with Crippen LogP contribution in [0.25, 0.3) is 0 Å². The van der Waals surface area contributed by atoms with Gasteiger partial charge in [0.2, 0.25) is 0 Å². The van der Waals surface area contributed by atoms with Gasteiger partial charge in [-0.2, -0.15) is 0 Å². The first-order chi connectivity index (χ1) is 13.0. The van der Waals surface area contributed by atoms with Gasteiger partial charge in [0.25, 0.3) is 0 Å². The average Bonchev–Trinajstić information content (AvgIpc) is 3.54. The molecule has 1 heteroatoms. The van der Waals surface area contributed by atoms with Crippen LogP contribution in [0.15, 0.2) is 18.2 Å². The highest BCUT2D eigenvalue weighted by Crippen LogP contribution is 2.49. The van der Waals surface area contributed by atoms with Gasteiger partial charge in [-0.05, 0) is 98.3 Å². The molecule has 0 saturated heterocycles. The molecule has 1 nitrogen and oxygen atoms in total. The molecule has 0 spiro atoms. The molecular formula is C26H42O. The molecule has 2 saturated carbocycles. The van der Waals surface area contributed by atoms with Crippen molar-refractivity contribution in [2.45, 2.75) is 117 Å². The second kappa shape index (κ2) is 9.48. The quantitative estimate of drug-likeness (QED) is 0.329. The molecule has 0 bridgehead atoms. The van der Waals surface area contributed by atoms with Gasteiger partial charge in [-0.15, -0.1) is 0 Å². The molecule has 152 valence electrons. The van der Waals surface area contributed by atoms with E-state index < -0.39 is 0 Å². The van der Waals surface area contributed by atoms with E-state index in [2.05, 4.69) is 19.9 Å². The van der Waals surface area contributed by atoms with Crippen LogP contribution in [0.5, 0.6) is 5.75 Å². The van der Waals surface area contributed by atoms with Crippen LogP contribution < -0.4 is 0 Å². The van der Waals surface area contributed by atoms with Crippen molar-refractivity contribution in [3.63, 3.8) is 0 Å². The molecule has 0 heterocycles. The maximum atomic E-state index is 10.1. The Labute approximate surface area is 168 Å². The molecule has 0 atom stereocenters. The van der Waals surface area contributed by atoms with E-state index in [1.54, 1.807) is 0 Å². The zero-order valence-corrected chi connectivity index (χ0v) is 18.0. The Morgan fingerprint density at radius 2 is 1.04 bits per heavy atom. The van der Waals surface area contributed by atoms with Crippen LogP contribution in [0.4, 0.5) is 0 Å². The highest BCUT2D eigenvalue weighted by molar-refractivity contribution is 5.33. The van der Waals surface area contributed by atoms with Gasteiger partial charge in [0, 0.05) is 0 Å². The second-order valence-electron chi connectivity index (χ2n) is 10.5. The van der Waals surface area contributed by atoms with E-state index in [1.807, 2.05) is 12.1 Å². The van der Waals surface area contributed by atoms with Crippen LogP contribution in [0.2, 0.25) is 0 Å². The normalized spacial score (nSPS) is 19.2. The average molecular weight is 371 g/mol. The molecule has 0 aromatic heterocycles. The minimum absolute atomic E-state index is 0.464. The molecule has 0 aliphatic heterocycles. The largest absolute Gasteiger partial charge is 0.508 e. The lowest BCUT2D eigenvalue weighted by Gasteiger charge is -2.09. The van der Waals surface area contributed by atoms with E-state index >= 15 is 0 Å². The molecule has 0 amide bonds. The minimum atomic E-state index is 0.464. The number of phenols is 1. The monoisotopic (exact) mass is 370 g/mol. The molecule has 1 aromatic carbocycles. The Morgan fingerprint density at radius 3 is 1.44 bits per heavy atom. The summed E-state index contributed by atoms with van der Waals surface area (Å²) in [6.45, 7) is 4.88. The number of hydrogen-bond acceptors (Lipinski definition) is 1. The molecule has 0 unspecified atom stereocenters. The topological polar surface area (TPSA) is 20.2 Å². The van der Waals surface area contributed by atoms with E-state index in [-0.39, 0.29) is 0 Å². The van der Waals surface area contributed by atoms with Crippen molar-refractivity contribution >= 4 is 0 Å². The van der Waals surface area contributed by atoms with Crippen molar-refractivity contribution in [2.24, 2.45) is 10.8 Å². The Morgan fingerprint density at radius 1 is 0.630 bits per heavy atom. The van der Waals surface area contributed by atoms with Gasteiger partial charge < -0.3 is 5.11 Å². The standard InChI is InChI=1S/C26H42O/c1-25(15-16-25)13-9-5-3-7-11-22-19-23(21-24(27)20-22)12-8-4-6-10-14-26(2)17-18-26/h19-21,27H,3-18H2,1-2H3. The maximum Gasteiger partial charge on any atom is 0.116 e. The third kappa shape index (κ3) is 7.88. The Kier molecular flexibility index (Phi) is 7.29. The number of hydrogen-bond donors (Lipinski definition) is 1. The van der Waals surface area contributed by atoms with Crippen molar-refractivity contribution in [1.29, 1.82) is 0 Å². The van der Waals surface area contributed by atoms with E-state index in [1.165, 1.54) is 101 Å². The first kappa shape index (κ1) is 20.7. The lowest BCUT2D eigenvalue weighted by Crippen LogP contribution is -1.94. The number of phenolic OH excluding ortho intramolecular Hbond substituents is 1. The van der Waals surface area contributed by atoms with E-state index in [0.717, 1.165) is 23.7 Å². The van der Waals surface area contributed by atoms with E-state index in [9.17, 15) is 5.11 Å². The van der Waals surface area contributed by atoms with E-state index in [0.29, 0.717) is 5.75 Å². The SMILES string of the molecule is CC1(CCCCCCc2cc(O)cc(CCCCCCC3(C)CC3)c2)CC1. The Balaban J connectivity index is 1.27. The second-order valence-corrected chi connectivity index (χ2v) is 10.5. The summed E-state index contributed by atoms with van der Waals surface area (Å²) in [5.41, 5.74) is 4.10. The molecule has 0 radical (unpaired) electrons. The predicted octanol–water partition coefficient (Wildman–Crippen LogP) is 7.98. The predicted molar refractivity (Wildman–Crippen MR) is 116 cm³/mol. The fourth-order valence-corrected chi connectivity index (χ4v) is 4.43. The zero-order valence-electron chi connectivity index (χ0n) is 18.0. The summed E-state index contributed by atoms with van der Waals surface area (Å²) < 4.78 is 0. The van der Waals surface area contributed by atoms with Crippen molar-refractivity contribution in [3.8, 4) is 5.75 Å². The van der Waals surface area contributed by atoms with Crippen molar-refractivity contribution in [3.05, 3.63) is 29.3 Å². The summed E-state index contributed by atoms with van der Waals surface area (Å²) in [5.74, 6) is 0.464. The van der Waals surface area contributed by atoms with Crippen molar-refractivity contribution in [1.82, 2.24) is 0 Å². The van der Waals surface area contributed by atoms with Gasteiger partial charge >= 0.3 is 0 Å². The first-order valence-electron chi connectivity index (χ1n) is 11.8. The number of aryl methyl sites for hydroxylation is 2. The van der Waals surface area contributed by atoms with Crippen LogP contribution in [-0.4, -0.2) is 5.11 Å². The summed E-state index contributed by atoms with van der Waals surface area (Å²) in [5, 5.41) is 10.1. The van der Waals surface area contributed by atoms with Crippen LogP contribution in [0.3, 0.4) is 0 Å². The molecular weight excluding hydrogens is 328 g/mol. The summed E-state index contributed by atoms with van der Waals surface area (Å²) in [6, 6.07) is 6.30. The van der Waals surface area contributed by atoms with Gasteiger partial charge in [-0.3, -0.25) is 0 Å². The van der Waals surface area contributed by atoms with Crippen LogP contribution in [0.1, 0.15) is 115 Å². The minimum Gasteiger partial charge on any atom is -0.508 e. The van der Waals surface area contributed by atoms with E-state index in [4.69, 9.17) is 0 Å². The third-order valence-electron chi connectivity index (χ3n) is 7.24. The number of aromatic hydroxyl groups is 1. The molecule has 27 heavy (non-hydrogen) atoms. The first-order valence-corrected chi connectivity index (χ1v) is 11.8. The molecule has 1 N–H and O–H groups in total. The lowest BCUT2D eigenvalue weighted by atomic mass is 9.97. The van der Waals surface area contributed by atoms with Crippen molar-refractivity contribution < 1.29 is 5.11 Å². The molecule has 2 fully saturated rings. The van der Waals surface area contributed by atoms with Crippen LogP contribution >= 0.6 is 0 Å². The van der Waals surface area contributed by atoms with Gasteiger partial charge in [0.15, 0.2) is 0 Å². The Hall–Kier alpha value is -0.980. The number of benzene rings is 1. The van der Waals surface area contributed by atoms with Crippen LogP contribution in [-0.2, 0) is 12.8 Å². The fraction of sp³-hybridized carbons (Fsp3) is 0.769. The smallest absolute Gasteiger partial charge is 0.116 e. The third-order valence-corrected chi connectivity index (χ3v) is 7.24. The van der Waals surface area contributed by atoms with Crippen LogP contribution in [0, 0.1) is 10.8 Å².